The Balaban J connectivity index is 1.58. The summed E-state index contributed by atoms with van der Waals surface area (Å²) in [7, 11) is 0. The van der Waals surface area contributed by atoms with Crippen molar-refractivity contribution in [2.24, 2.45) is 0 Å². The summed E-state index contributed by atoms with van der Waals surface area (Å²) in [5.41, 5.74) is 0.604. The number of anilines is 1. The Morgan fingerprint density at radius 3 is 2.58 bits per heavy atom. The van der Waals surface area contributed by atoms with E-state index in [1.54, 1.807) is 0 Å². The topological polar surface area (TPSA) is 39.7 Å². The molecule has 2 fully saturated rings. The third-order valence-corrected chi connectivity index (χ3v) is 5.94. The van der Waals surface area contributed by atoms with Gasteiger partial charge in [-0.15, -0.1) is 0 Å². The summed E-state index contributed by atoms with van der Waals surface area (Å²) in [6.07, 6.45) is 4.26. The van der Waals surface area contributed by atoms with E-state index in [4.69, 9.17) is 0 Å². The highest BCUT2D eigenvalue weighted by Crippen LogP contribution is 2.21. The molecule has 0 aliphatic carbocycles. The third kappa shape index (κ3) is 4.63. The SMILES string of the molecule is CCC(=O)c1cccc(N2CCCN(C3CCN(C(C)C)CC3)CC2)n1. The Morgan fingerprint density at radius 1 is 1.12 bits per heavy atom. The van der Waals surface area contributed by atoms with Crippen LogP contribution in [-0.2, 0) is 0 Å². The van der Waals surface area contributed by atoms with Gasteiger partial charge in [0.15, 0.2) is 5.78 Å². The normalized spacial score (nSPS) is 21.2. The number of nitrogens with zero attached hydrogens (tertiary/aromatic N) is 4. The van der Waals surface area contributed by atoms with Gasteiger partial charge in [0.25, 0.3) is 0 Å². The zero-order valence-electron chi connectivity index (χ0n) is 16.7. The highest BCUT2D eigenvalue weighted by atomic mass is 16.1. The quantitative estimate of drug-likeness (QED) is 0.757. The fraction of sp³-hybridized carbons (Fsp3) is 0.714. The number of likely N-dealkylation sites (tertiary alicyclic amines) is 1. The van der Waals surface area contributed by atoms with Crippen LogP contribution in [-0.4, -0.2) is 71.9 Å². The van der Waals surface area contributed by atoms with E-state index in [1.165, 1.54) is 32.5 Å². The maximum atomic E-state index is 12.0. The molecule has 0 N–H and O–H groups in total. The van der Waals surface area contributed by atoms with E-state index >= 15 is 0 Å². The molecule has 1 aromatic heterocycles. The summed E-state index contributed by atoms with van der Waals surface area (Å²) in [6, 6.07) is 7.24. The van der Waals surface area contributed by atoms with Gasteiger partial charge in [-0.2, -0.15) is 0 Å². The molecule has 3 rings (SSSR count). The average molecular weight is 359 g/mol. The van der Waals surface area contributed by atoms with Crippen molar-refractivity contribution >= 4 is 11.6 Å². The van der Waals surface area contributed by atoms with Gasteiger partial charge in [-0.1, -0.05) is 13.0 Å². The van der Waals surface area contributed by atoms with Crippen LogP contribution in [0.4, 0.5) is 5.82 Å². The molecule has 0 unspecified atom stereocenters. The van der Waals surface area contributed by atoms with Crippen LogP contribution in [0.15, 0.2) is 18.2 Å². The number of hydrogen-bond acceptors (Lipinski definition) is 5. The van der Waals surface area contributed by atoms with Crippen LogP contribution in [0, 0.1) is 0 Å². The first kappa shape index (κ1) is 19.3. The Bertz CT molecular complexity index is 595. The van der Waals surface area contributed by atoms with Gasteiger partial charge >= 0.3 is 0 Å². The molecule has 0 spiro atoms. The summed E-state index contributed by atoms with van der Waals surface area (Å²) < 4.78 is 0. The van der Waals surface area contributed by atoms with Gasteiger partial charge in [0, 0.05) is 44.7 Å². The molecule has 0 bridgehead atoms. The molecule has 2 aliphatic rings. The number of pyridine rings is 1. The van der Waals surface area contributed by atoms with Crippen LogP contribution in [0.3, 0.4) is 0 Å². The Morgan fingerprint density at radius 2 is 1.88 bits per heavy atom. The first-order valence-corrected chi connectivity index (χ1v) is 10.3. The van der Waals surface area contributed by atoms with Crippen molar-refractivity contribution in [3.63, 3.8) is 0 Å². The smallest absolute Gasteiger partial charge is 0.180 e. The van der Waals surface area contributed by atoms with Gasteiger partial charge in [0.1, 0.15) is 11.5 Å². The average Bonchev–Trinajstić information content (AvgIpc) is 2.94. The highest BCUT2D eigenvalue weighted by Gasteiger charge is 2.27. The monoisotopic (exact) mass is 358 g/mol. The van der Waals surface area contributed by atoms with Crippen molar-refractivity contribution in [1.82, 2.24) is 14.8 Å². The summed E-state index contributed by atoms with van der Waals surface area (Å²) in [5, 5.41) is 0. The number of piperidine rings is 1. The van der Waals surface area contributed by atoms with Crippen LogP contribution in [0.5, 0.6) is 0 Å². The van der Waals surface area contributed by atoms with Gasteiger partial charge in [-0.25, -0.2) is 4.98 Å². The second kappa shape index (κ2) is 8.96. The van der Waals surface area contributed by atoms with Gasteiger partial charge in [0.2, 0.25) is 0 Å². The van der Waals surface area contributed by atoms with E-state index in [0.717, 1.165) is 37.9 Å². The minimum absolute atomic E-state index is 0.125. The standard InChI is InChI=1S/C21H34N4O/c1-4-20(26)19-7-5-8-21(22-19)25-12-6-11-24(15-16-25)18-9-13-23(14-10-18)17(2)3/h5,7-8,17-18H,4,6,9-16H2,1-3H3. The molecule has 0 amide bonds. The van der Waals surface area contributed by atoms with Gasteiger partial charge in [-0.3, -0.25) is 9.69 Å². The van der Waals surface area contributed by atoms with Crippen molar-refractivity contribution in [3.05, 3.63) is 23.9 Å². The lowest BCUT2D eigenvalue weighted by Crippen LogP contribution is -2.47. The maximum Gasteiger partial charge on any atom is 0.180 e. The van der Waals surface area contributed by atoms with E-state index < -0.39 is 0 Å². The Kier molecular flexibility index (Phi) is 6.65. The van der Waals surface area contributed by atoms with E-state index in [-0.39, 0.29) is 5.78 Å². The molecule has 26 heavy (non-hydrogen) atoms. The number of aromatic nitrogens is 1. The highest BCUT2D eigenvalue weighted by molar-refractivity contribution is 5.94. The minimum atomic E-state index is 0.125. The number of hydrogen-bond donors (Lipinski definition) is 0. The zero-order chi connectivity index (χ0) is 18.5. The van der Waals surface area contributed by atoms with Crippen molar-refractivity contribution in [1.29, 1.82) is 0 Å². The lowest BCUT2D eigenvalue weighted by Gasteiger charge is -2.39. The molecule has 0 atom stereocenters. The molecule has 2 saturated heterocycles. The minimum Gasteiger partial charge on any atom is -0.355 e. The van der Waals surface area contributed by atoms with E-state index in [2.05, 4.69) is 33.5 Å². The molecular weight excluding hydrogens is 324 g/mol. The van der Waals surface area contributed by atoms with Crippen molar-refractivity contribution in [3.8, 4) is 0 Å². The van der Waals surface area contributed by atoms with E-state index in [1.807, 2.05) is 25.1 Å². The molecule has 0 radical (unpaired) electrons. The summed E-state index contributed by atoms with van der Waals surface area (Å²) in [4.78, 5) is 24.2. The Labute approximate surface area is 158 Å². The van der Waals surface area contributed by atoms with Crippen molar-refractivity contribution in [2.75, 3.05) is 44.2 Å². The van der Waals surface area contributed by atoms with Crippen molar-refractivity contribution in [2.45, 2.75) is 58.5 Å². The first-order valence-electron chi connectivity index (χ1n) is 10.3. The van der Waals surface area contributed by atoms with Crippen LogP contribution in [0.1, 0.15) is 56.9 Å². The van der Waals surface area contributed by atoms with E-state index in [9.17, 15) is 4.79 Å². The molecule has 0 aromatic carbocycles. The molecule has 5 nitrogen and oxygen atoms in total. The van der Waals surface area contributed by atoms with Crippen molar-refractivity contribution < 1.29 is 4.79 Å². The molecule has 1 aromatic rings. The molecule has 5 heteroatoms. The van der Waals surface area contributed by atoms with Crippen LogP contribution in [0.25, 0.3) is 0 Å². The van der Waals surface area contributed by atoms with Gasteiger partial charge < -0.3 is 9.80 Å². The number of ketones is 1. The predicted octanol–water partition coefficient (Wildman–Crippen LogP) is 3.06. The Hall–Kier alpha value is -1.46. The van der Waals surface area contributed by atoms with Gasteiger partial charge in [0.05, 0.1) is 0 Å². The largest absolute Gasteiger partial charge is 0.355 e. The summed E-state index contributed by atoms with van der Waals surface area (Å²) in [5.74, 6) is 1.08. The molecule has 2 aliphatic heterocycles. The predicted molar refractivity (Wildman–Crippen MR) is 107 cm³/mol. The second-order valence-corrected chi connectivity index (χ2v) is 7.90. The number of rotatable bonds is 5. The maximum absolute atomic E-state index is 12.0. The molecule has 144 valence electrons. The molecule has 0 saturated carbocycles. The summed E-state index contributed by atoms with van der Waals surface area (Å²) >= 11 is 0. The van der Waals surface area contributed by atoms with Crippen LogP contribution < -0.4 is 4.90 Å². The number of Topliss-reactive ketones (excluding diaryl/α,β-unsaturated/α-hetero) is 1. The van der Waals surface area contributed by atoms with Gasteiger partial charge in [-0.05, 0) is 58.3 Å². The third-order valence-electron chi connectivity index (χ3n) is 5.94. The number of carbonyl (C=O) groups excluding carboxylic acids is 1. The zero-order valence-corrected chi connectivity index (χ0v) is 16.7. The molecule has 3 heterocycles. The fourth-order valence-corrected chi connectivity index (χ4v) is 4.23. The lowest BCUT2D eigenvalue weighted by molar-refractivity contribution is 0.0965. The second-order valence-electron chi connectivity index (χ2n) is 7.90. The molecular formula is C21H34N4O. The van der Waals surface area contributed by atoms with Crippen LogP contribution in [0.2, 0.25) is 0 Å². The fourth-order valence-electron chi connectivity index (χ4n) is 4.23. The number of carbonyl (C=O) groups is 1. The van der Waals surface area contributed by atoms with E-state index in [0.29, 0.717) is 18.2 Å². The lowest BCUT2D eigenvalue weighted by atomic mass is 10.0. The first-order chi connectivity index (χ1) is 12.6. The van der Waals surface area contributed by atoms with Crippen LogP contribution >= 0.6 is 0 Å². The summed E-state index contributed by atoms with van der Waals surface area (Å²) in [6.45, 7) is 13.3.